The summed E-state index contributed by atoms with van der Waals surface area (Å²) in [4.78, 5) is 41.1. The molecule has 0 bridgehead atoms. The van der Waals surface area contributed by atoms with Gasteiger partial charge in [0.1, 0.15) is 40.6 Å². The molecule has 1 aliphatic rings. The maximum absolute atomic E-state index is 14.6. The van der Waals surface area contributed by atoms with E-state index in [1.807, 2.05) is 13.8 Å². The van der Waals surface area contributed by atoms with E-state index in [2.05, 4.69) is 20.6 Å². The Kier molecular flexibility index (Phi) is 6.40. The number of nitrogens with zero attached hydrogens (tertiary/aromatic N) is 5. The summed E-state index contributed by atoms with van der Waals surface area (Å²) in [5.74, 6) is 0.296. The molecule has 9 nitrogen and oxygen atoms in total. The third-order valence-corrected chi connectivity index (χ3v) is 5.69. The van der Waals surface area contributed by atoms with Crippen LogP contribution < -0.4 is 16.2 Å². The fraction of sp³-hybridized carbons (Fsp3) is 0.292. The molecule has 0 unspecified atom stereocenters. The van der Waals surface area contributed by atoms with Crippen molar-refractivity contribution in [2.24, 2.45) is 0 Å². The Bertz CT molecular complexity index is 1380. The zero-order chi connectivity index (χ0) is 24.4. The van der Waals surface area contributed by atoms with Crippen LogP contribution in [0.2, 0.25) is 0 Å². The van der Waals surface area contributed by atoms with Crippen LogP contribution in [0.3, 0.4) is 0 Å². The first kappa shape index (κ1) is 23.1. The van der Waals surface area contributed by atoms with Crippen LogP contribution in [-0.4, -0.2) is 44.0 Å². The number of rotatable bonds is 6. The Labute approximate surface area is 196 Å². The predicted molar refractivity (Wildman–Crippen MR) is 130 cm³/mol. The summed E-state index contributed by atoms with van der Waals surface area (Å²) in [6, 6.07) is 3.87. The van der Waals surface area contributed by atoms with Crippen LogP contribution in [0.1, 0.15) is 49.4 Å². The third-order valence-electron chi connectivity index (χ3n) is 5.69. The molecule has 2 N–H and O–H groups in total. The van der Waals surface area contributed by atoms with Crippen molar-refractivity contribution in [2.75, 3.05) is 24.3 Å². The number of amides is 1. The zero-order valence-corrected chi connectivity index (χ0v) is 19.5. The van der Waals surface area contributed by atoms with Gasteiger partial charge >= 0.3 is 0 Å². The topological polar surface area (TPSA) is 105 Å². The van der Waals surface area contributed by atoms with E-state index in [1.54, 1.807) is 38.3 Å². The van der Waals surface area contributed by atoms with E-state index >= 15 is 0 Å². The molecule has 4 rings (SSSR count). The van der Waals surface area contributed by atoms with Crippen molar-refractivity contribution in [2.45, 2.75) is 33.2 Å². The first-order valence-electron chi connectivity index (χ1n) is 11.0. The molecule has 0 fully saturated rings. The van der Waals surface area contributed by atoms with Gasteiger partial charge in [0.15, 0.2) is 0 Å². The van der Waals surface area contributed by atoms with Crippen molar-refractivity contribution < 1.29 is 9.18 Å². The van der Waals surface area contributed by atoms with Gasteiger partial charge < -0.3 is 15.5 Å². The molecule has 0 saturated carbocycles. The minimum Gasteiger partial charge on any atom is -0.359 e. The Morgan fingerprint density at radius 3 is 2.79 bits per heavy atom. The highest BCUT2D eigenvalue weighted by Gasteiger charge is 2.29. The number of hydrogen-bond donors (Lipinski definition) is 2. The lowest BCUT2D eigenvalue weighted by Gasteiger charge is -2.28. The van der Waals surface area contributed by atoms with Gasteiger partial charge in [0.2, 0.25) is 0 Å². The second kappa shape index (κ2) is 9.42. The Hall–Kier alpha value is -4.08. The highest BCUT2D eigenvalue weighted by atomic mass is 19.1. The summed E-state index contributed by atoms with van der Waals surface area (Å²) in [5, 5.41) is 6.30. The van der Waals surface area contributed by atoms with Crippen LogP contribution >= 0.6 is 0 Å². The van der Waals surface area contributed by atoms with E-state index in [-0.39, 0.29) is 16.8 Å². The Balaban J connectivity index is 1.92. The van der Waals surface area contributed by atoms with Crippen LogP contribution in [0.15, 0.2) is 47.5 Å². The van der Waals surface area contributed by atoms with E-state index < -0.39 is 17.4 Å². The van der Waals surface area contributed by atoms with Crippen LogP contribution in [0, 0.1) is 5.82 Å². The minimum atomic E-state index is -0.628. The van der Waals surface area contributed by atoms with Crippen LogP contribution in [0.25, 0.3) is 16.6 Å². The molecule has 1 atom stereocenters. The predicted octanol–water partition coefficient (Wildman–Crippen LogP) is 3.78. The van der Waals surface area contributed by atoms with Gasteiger partial charge in [-0.15, -0.1) is 0 Å². The molecule has 176 valence electrons. The summed E-state index contributed by atoms with van der Waals surface area (Å²) in [7, 11) is 1.68. The Morgan fingerprint density at radius 2 is 2.09 bits per heavy atom. The third kappa shape index (κ3) is 3.91. The molecule has 10 heteroatoms. The number of benzene rings is 1. The van der Waals surface area contributed by atoms with Crippen molar-refractivity contribution in [1.82, 2.24) is 24.4 Å². The summed E-state index contributed by atoms with van der Waals surface area (Å²) >= 11 is 0. The number of hydrogen-bond acceptors (Lipinski definition) is 7. The molecule has 0 radical (unpaired) electrons. The number of carbonyl (C=O) groups is 1. The van der Waals surface area contributed by atoms with Gasteiger partial charge in [0.25, 0.3) is 11.5 Å². The fourth-order valence-corrected chi connectivity index (χ4v) is 3.96. The normalized spacial score (nSPS) is 14.9. The van der Waals surface area contributed by atoms with Gasteiger partial charge in [0, 0.05) is 12.7 Å². The van der Waals surface area contributed by atoms with Gasteiger partial charge in [-0.3, -0.25) is 14.2 Å². The van der Waals surface area contributed by atoms with E-state index in [0.717, 1.165) is 0 Å². The molecule has 0 aliphatic carbocycles. The average molecular weight is 464 g/mol. The standard InChI is InChI=1S/C24H26FN7O2/c1-5-9-14(6-2)32-22(30-17-11-8-10-15(25)18(17)24(32)34)16(7-3)29-21-19-20(26-12-27-21)28-13-31(4)23(19)33/h5-6,8-12,16H,7,13H2,1-4H3,(H2,26,27,28,29)/b9-5-,14-6+/t16-/m0/s1. The van der Waals surface area contributed by atoms with Crippen LogP contribution in [0.4, 0.5) is 16.0 Å². The second-order valence-electron chi connectivity index (χ2n) is 7.85. The van der Waals surface area contributed by atoms with E-state index in [1.165, 1.54) is 27.9 Å². The van der Waals surface area contributed by atoms with Gasteiger partial charge in [-0.25, -0.2) is 19.3 Å². The first-order valence-corrected chi connectivity index (χ1v) is 11.0. The molecule has 1 amide bonds. The van der Waals surface area contributed by atoms with Crippen molar-refractivity contribution in [3.63, 3.8) is 0 Å². The summed E-state index contributed by atoms with van der Waals surface area (Å²) < 4.78 is 16.0. The first-order chi connectivity index (χ1) is 16.4. The number of fused-ring (bicyclic) bond motifs is 2. The molecule has 0 saturated heterocycles. The lowest BCUT2D eigenvalue weighted by molar-refractivity contribution is 0.0796. The smallest absolute Gasteiger partial charge is 0.269 e. The number of aromatic nitrogens is 4. The summed E-state index contributed by atoms with van der Waals surface area (Å²) in [6.45, 7) is 5.90. The number of carbonyl (C=O) groups excluding carboxylic acids is 1. The number of anilines is 2. The molecule has 3 aromatic rings. The van der Waals surface area contributed by atoms with E-state index in [9.17, 15) is 14.0 Å². The molecular weight excluding hydrogens is 437 g/mol. The largest absolute Gasteiger partial charge is 0.359 e. The van der Waals surface area contributed by atoms with Gasteiger partial charge in [-0.1, -0.05) is 25.1 Å². The van der Waals surface area contributed by atoms with Crippen LogP contribution in [0.5, 0.6) is 0 Å². The quantitative estimate of drug-likeness (QED) is 0.536. The fourth-order valence-electron chi connectivity index (χ4n) is 3.96. The summed E-state index contributed by atoms with van der Waals surface area (Å²) in [6.07, 6.45) is 7.21. The van der Waals surface area contributed by atoms with Gasteiger partial charge in [-0.05, 0) is 38.5 Å². The molecule has 3 heterocycles. The molecule has 34 heavy (non-hydrogen) atoms. The minimum absolute atomic E-state index is 0.0784. The molecule has 1 aliphatic heterocycles. The summed E-state index contributed by atoms with van der Waals surface area (Å²) in [5.41, 5.74) is 0.624. The maximum atomic E-state index is 14.6. The highest BCUT2D eigenvalue weighted by Crippen LogP contribution is 2.30. The number of halogens is 1. The molecular formula is C24H26FN7O2. The van der Waals surface area contributed by atoms with Crippen LogP contribution in [-0.2, 0) is 0 Å². The molecule has 0 spiro atoms. The lowest BCUT2D eigenvalue weighted by Crippen LogP contribution is -2.38. The lowest BCUT2D eigenvalue weighted by atomic mass is 10.1. The van der Waals surface area contributed by atoms with Gasteiger partial charge in [0.05, 0.1) is 18.2 Å². The van der Waals surface area contributed by atoms with E-state index in [4.69, 9.17) is 4.98 Å². The SMILES string of the molecule is C/C=C\C(=C/C)n1c([C@H](CC)Nc2ncnc3c2C(=O)N(C)CN3)nc2cccc(F)c2c1=O. The number of nitrogens with one attached hydrogen (secondary N) is 2. The molecule has 2 aromatic heterocycles. The maximum Gasteiger partial charge on any atom is 0.269 e. The zero-order valence-electron chi connectivity index (χ0n) is 19.5. The van der Waals surface area contributed by atoms with Gasteiger partial charge in [-0.2, -0.15) is 0 Å². The number of allylic oxidation sites excluding steroid dienone is 4. The van der Waals surface area contributed by atoms with Crippen molar-refractivity contribution >= 4 is 34.1 Å². The second-order valence-corrected chi connectivity index (χ2v) is 7.85. The molecule has 1 aromatic carbocycles. The highest BCUT2D eigenvalue weighted by molar-refractivity contribution is 6.04. The van der Waals surface area contributed by atoms with Crippen molar-refractivity contribution in [3.8, 4) is 0 Å². The van der Waals surface area contributed by atoms with E-state index in [0.29, 0.717) is 41.8 Å². The Morgan fingerprint density at radius 1 is 1.29 bits per heavy atom. The monoisotopic (exact) mass is 463 g/mol. The van der Waals surface area contributed by atoms with Crippen molar-refractivity contribution in [3.05, 3.63) is 70.3 Å². The van der Waals surface area contributed by atoms with Crippen molar-refractivity contribution in [1.29, 1.82) is 0 Å². The average Bonchev–Trinajstić information content (AvgIpc) is 2.83.